The Bertz CT molecular complexity index is 582. The van der Waals surface area contributed by atoms with Gasteiger partial charge in [-0.25, -0.2) is 4.79 Å². The number of benzene rings is 1. The van der Waals surface area contributed by atoms with Crippen molar-refractivity contribution in [1.29, 1.82) is 0 Å². The highest BCUT2D eigenvalue weighted by molar-refractivity contribution is 9.10. The van der Waals surface area contributed by atoms with E-state index in [1.807, 2.05) is 13.0 Å². The number of aromatic carboxylic acids is 1. The van der Waals surface area contributed by atoms with Crippen molar-refractivity contribution < 1.29 is 14.4 Å². The van der Waals surface area contributed by atoms with Crippen LogP contribution in [0.5, 0.6) is 0 Å². The molecule has 1 N–H and O–H groups in total. The molecule has 1 aromatic heterocycles. The predicted octanol–water partition coefficient (Wildman–Crippen LogP) is 3.74. The molecule has 0 atom stereocenters. The van der Waals surface area contributed by atoms with E-state index >= 15 is 0 Å². The van der Waals surface area contributed by atoms with Crippen molar-refractivity contribution in [2.75, 3.05) is 0 Å². The van der Waals surface area contributed by atoms with Gasteiger partial charge in [0.15, 0.2) is 0 Å². The molecule has 0 fully saturated rings. The fourth-order valence-corrected chi connectivity index (χ4v) is 2.90. The van der Waals surface area contributed by atoms with Gasteiger partial charge in [-0.15, -0.1) is 11.8 Å². The van der Waals surface area contributed by atoms with Crippen molar-refractivity contribution in [3.63, 3.8) is 0 Å². The minimum atomic E-state index is -0.929. The summed E-state index contributed by atoms with van der Waals surface area (Å²) in [6.45, 7) is 1.82. The molecular weight excluding hydrogens is 318 g/mol. The topological polar surface area (TPSA) is 63.3 Å². The van der Waals surface area contributed by atoms with Gasteiger partial charge in [0.2, 0.25) is 0 Å². The molecule has 0 aliphatic heterocycles. The number of rotatable bonds is 4. The van der Waals surface area contributed by atoms with Gasteiger partial charge in [-0.05, 0) is 25.1 Å². The lowest BCUT2D eigenvalue weighted by Gasteiger charge is -2.05. The van der Waals surface area contributed by atoms with Crippen molar-refractivity contribution in [3.8, 4) is 0 Å². The lowest BCUT2D eigenvalue weighted by Crippen LogP contribution is -1.98. The van der Waals surface area contributed by atoms with Crippen LogP contribution in [0.25, 0.3) is 0 Å². The van der Waals surface area contributed by atoms with E-state index in [2.05, 4.69) is 21.1 Å². The van der Waals surface area contributed by atoms with Gasteiger partial charge < -0.3 is 9.63 Å². The maximum absolute atomic E-state index is 11.1. The standard InChI is InChI=1S/C12H10BrNO3S/c1-7-4-9(14-17-7)6-18-11-5-8(13)2-3-10(11)12(15)16/h2-5H,6H2,1H3,(H,15,16). The molecule has 0 saturated carbocycles. The summed E-state index contributed by atoms with van der Waals surface area (Å²) in [5.41, 5.74) is 1.09. The third-order valence-electron chi connectivity index (χ3n) is 2.23. The van der Waals surface area contributed by atoms with E-state index in [1.165, 1.54) is 11.8 Å². The number of hydrogen-bond donors (Lipinski definition) is 1. The molecule has 0 radical (unpaired) electrons. The van der Waals surface area contributed by atoms with Gasteiger partial charge in [0, 0.05) is 21.2 Å². The summed E-state index contributed by atoms with van der Waals surface area (Å²) in [6, 6.07) is 6.93. The smallest absolute Gasteiger partial charge is 0.336 e. The summed E-state index contributed by atoms with van der Waals surface area (Å²) in [4.78, 5) is 11.8. The summed E-state index contributed by atoms with van der Waals surface area (Å²) < 4.78 is 5.82. The zero-order valence-corrected chi connectivity index (χ0v) is 11.9. The highest BCUT2D eigenvalue weighted by Gasteiger charge is 2.11. The number of halogens is 1. The predicted molar refractivity (Wildman–Crippen MR) is 71.9 cm³/mol. The number of aromatic nitrogens is 1. The van der Waals surface area contributed by atoms with Crippen LogP contribution in [0.1, 0.15) is 21.8 Å². The molecule has 0 bridgehead atoms. The van der Waals surface area contributed by atoms with Gasteiger partial charge in [0.1, 0.15) is 5.76 Å². The van der Waals surface area contributed by atoms with Gasteiger partial charge in [0.25, 0.3) is 0 Å². The number of carboxylic acid groups (broad SMARTS) is 1. The third kappa shape index (κ3) is 3.14. The molecule has 94 valence electrons. The second kappa shape index (κ2) is 5.58. The third-order valence-corrected chi connectivity index (χ3v) is 3.81. The lowest BCUT2D eigenvalue weighted by atomic mass is 10.2. The molecular formula is C12H10BrNO3S. The molecule has 0 aliphatic carbocycles. The fraction of sp³-hybridized carbons (Fsp3) is 0.167. The van der Waals surface area contributed by atoms with E-state index in [-0.39, 0.29) is 0 Å². The van der Waals surface area contributed by atoms with Gasteiger partial charge in [-0.1, -0.05) is 21.1 Å². The Morgan fingerprint density at radius 1 is 1.50 bits per heavy atom. The SMILES string of the molecule is Cc1cc(CSc2cc(Br)ccc2C(=O)O)no1. The van der Waals surface area contributed by atoms with Crippen molar-refractivity contribution in [1.82, 2.24) is 5.16 Å². The second-order valence-electron chi connectivity index (χ2n) is 3.66. The number of carbonyl (C=O) groups is 1. The quantitative estimate of drug-likeness (QED) is 0.866. The molecule has 0 unspecified atom stereocenters. The number of hydrogen-bond acceptors (Lipinski definition) is 4. The van der Waals surface area contributed by atoms with E-state index in [4.69, 9.17) is 9.63 Å². The van der Waals surface area contributed by atoms with E-state index in [0.29, 0.717) is 16.2 Å². The molecule has 1 aromatic carbocycles. The maximum atomic E-state index is 11.1. The first-order valence-electron chi connectivity index (χ1n) is 5.14. The van der Waals surface area contributed by atoms with Gasteiger partial charge in [0.05, 0.1) is 11.3 Å². The maximum Gasteiger partial charge on any atom is 0.336 e. The zero-order valence-electron chi connectivity index (χ0n) is 9.51. The fourth-order valence-electron chi connectivity index (χ4n) is 1.43. The molecule has 2 aromatic rings. The molecule has 18 heavy (non-hydrogen) atoms. The van der Waals surface area contributed by atoms with Crippen molar-refractivity contribution in [2.45, 2.75) is 17.6 Å². The molecule has 4 nitrogen and oxygen atoms in total. The summed E-state index contributed by atoms with van der Waals surface area (Å²) in [7, 11) is 0. The Balaban J connectivity index is 2.17. The van der Waals surface area contributed by atoms with Crippen molar-refractivity contribution in [2.24, 2.45) is 0 Å². The van der Waals surface area contributed by atoms with E-state index in [9.17, 15) is 4.79 Å². The van der Waals surface area contributed by atoms with E-state index in [0.717, 1.165) is 15.9 Å². The Kier molecular flexibility index (Phi) is 4.08. The molecule has 6 heteroatoms. The summed E-state index contributed by atoms with van der Waals surface area (Å²) in [5, 5.41) is 13.0. The Morgan fingerprint density at radius 2 is 2.28 bits per heavy atom. The zero-order chi connectivity index (χ0) is 13.1. The van der Waals surface area contributed by atoms with Crippen LogP contribution in [0.3, 0.4) is 0 Å². The van der Waals surface area contributed by atoms with Crippen LogP contribution in [0.4, 0.5) is 0 Å². The largest absolute Gasteiger partial charge is 0.478 e. The first-order valence-corrected chi connectivity index (χ1v) is 6.92. The second-order valence-corrected chi connectivity index (χ2v) is 5.60. The van der Waals surface area contributed by atoms with Gasteiger partial charge in [-0.3, -0.25) is 0 Å². The van der Waals surface area contributed by atoms with E-state index in [1.54, 1.807) is 18.2 Å². The molecule has 0 aliphatic rings. The van der Waals surface area contributed by atoms with Crippen LogP contribution in [0.2, 0.25) is 0 Å². The normalized spacial score (nSPS) is 10.6. The molecule has 1 heterocycles. The lowest BCUT2D eigenvalue weighted by molar-refractivity contribution is 0.0693. The number of nitrogens with zero attached hydrogens (tertiary/aromatic N) is 1. The average molecular weight is 328 g/mol. The molecule has 0 spiro atoms. The van der Waals surface area contributed by atoms with Crippen molar-refractivity contribution in [3.05, 3.63) is 45.8 Å². The van der Waals surface area contributed by atoms with Gasteiger partial charge in [-0.2, -0.15) is 0 Å². The first-order chi connectivity index (χ1) is 8.56. The van der Waals surface area contributed by atoms with E-state index < -0.39 is 5.97 Å². The molecule has 0 saturated heterocycles. The van der Waals surface area contributed by atoms with Crippen LogP contribution in [-0.2, 0) is 5.75 Å². The van der Waals surface area contributed by atoms with Crippen LogP contribution in [0, 0.1) is 6.92 Å². The molecule has 0 amide bonds. The highest BCUT2D eigenvalue weighted by atomic mass is 79.9. The number of aryl methyl sites for hydroxylation is 1. The minimum Gasteiger partial charge on any atom is -0.478 e. The first kappa shape index (κ1) is 13.2. The minimum absolute atomic E-state index is 0.295. The average Bonchev–Trinajstić information content (AvgIpc) is 2.72. The van der Waals surface area contributed by atoms with Crippen LogP contribution < -0.4 is 0 Å². The highest BCUT2D eigenvalue weighted by Crippen LogP contribution is 2.29. The van der Waals surface area contributed by atoms with Gasteiger partial charge >= 0.3 is 5.97 Å². The summed E-state index contributed by atoms with van der Waals surface area (Å²) >= 11 is 4.76. The Labute approximate surface area is 116 Å². The summed E-state index contributed by atoms with van der Waals surface area (Å²) in [6.07, 6.45) is 0. The monoisotopic (exact) mass is 327 g/mol. The Morgan fingerprint density at radius 3 is 2.89 bits per heavy atom. The molecule has 2 rings (SSSR count). The van der Waals surface area contributed by atoms with Crippen LogP contribution >= 0.6 is 27.7 Å². The Hall–Kier alpha value is -1.27. The number of thioether (sulfide) groups is 1. The van der Waals surface area contributed by atoms with Crippen molar-refractivity contribution >= 4 is 33.7 Å². The summed E-state index contributed by atoms with van der Waals surface area (Å²) in [5.74, 6) is 0.397. The van der Waals surface area contributed by atoms with Crippen LogP contribution in [0.15, 0.2) is 38.2 Å². The number of carboxylic acids is 1. The van der Waals surface area contributed by atoms with Crippen LogP contribution in [-0.4, -0.2) is 16.2 Å².